The Hall–Kier alpha value is -3.68. The number of H-pyrrole nitrogens is 1. The first kappa shape index (κ1) is 17.2. The van der Waals surface area contributed by atoms with Crippen LogP contribution in [-0.2, 0) is 13.2 Å². The van der Waals surface area contributed by atoms with Gasteiger partial charge in [-0.2, -0.15) is 0 Å². The van der Waals surface area contributed by atoms with E-state index in [9.17, 15) is 14.9 Å². The van der Waals surface area contributed by atoms with Crippen LogP contribution in [0.3, 0.4) is 0 Å². The molecule has 0 radical (unpaired) electrons. The Balaban J connectivity index is 1.72. The van der Waals surface area contributed by atoms with Gasteiger partial charge in [-0.1, -0.05) is 60.7 Å². The van der Waals surface area contributed by atoms with Crippen LogP contribution >= 0.6 is 0 Å². The maximum atomic E-state index is 12.3. The Kier molecular flexibility index (Phi) is 5.23. The summed E-state index contributed by atoms with van der Waals surface area (Å²) in [6.07, 6.45) is 0. The lowest BCUT2D eigenvalue weighted by molar-refractivity contribution is -0.386. The van der Waals surface area contributed by atoms with Crippen molar-refractivity contribution in [2.45, 2.75) is 13.2 Å². The van der Waals surface area contributed by atoms with Gasteiger partial charge in [0.1, 0.15) is 6.61 Å². The lowest BCUT2D eigenvalue weighted by Crippen LogP contribution is -2.24. The second-order valence-corrected chi connectivity index (χ2v) is 5.45. The van der Waals surface area contributed by atoms with Crippen LogP contribution in [-0.4, -0.2) is 21.0 Å². The molecule has 8 nitrogen and oxygen atoms in total. The molecule has 0 aliphatic heterocycles. The minimum Gasteiger partial charge on any atom is -0.467 e. The Morgan fingerprint density at radius 3 is 2.31 bits per heavy atom. The smallest absolute Gasteiger partial charge is 0.362 e. The van der Waals surface area contributed by atoms with E-state index in [4.69, 9.17) is 4.74 Å². The zero-order valence-electron chi connectivity index (χ0n) is 13.7. The summed E-state index contributed by atoms with van der Waals surface area (Å²) < 4.78 is 5.41. The molecule has 0 atom stereocenters. The van der Waals surface area contributed by atoms with Crippen LogP contribution in [0.5, 0.6) is 5.88 Å². The number of amides is 1. The Bertz CT molecular complexity index is 894. The van der Waals surface area contributed by atoms with Crippen LogP contribution in [0, 0.1) is 10.1 Å². The highest BCUT2D eigenvalue weighted by molar-refractivity contribution is 5.97. The molecule has 8 heteroatoms. The molecule has 0 fully saturated rings. The molecule has 2 N–H and O–H groups in total. The molecule has 0 aliphatic rings. The molecule has 1 heterocycles. The number of aromatic amines is 1. The third kappa shape index (κ3) is 4.04. The van der Waals surface area contributed by atoms with Crippen LogP contribution in [0.1, 0.15) is 21.6 Å². The highest BCUT2D eigenvalue weighted by atomic mass is 16.6. The van der Waals surface area contributed by atoms with Gasteiger partial charge < -0.3 is 10.1 Å². The minimum absolute atomic E-state index is 0.109. The molecule has 0 unspecified atom stereocenters. The number of ether oxygens (including phenoxy) is 1. The van der Waals surface area contributed by atoms with Crippen molar-refractivity contribution in [3.05, 3.63) is 87.6 Å². The fourth-order valence-corrected chi connectivity index (χ4v) is 2.34. The lowest BCUT2D eigenvalue weighted by atomic mass is 10.2. The van der Waals surface area contributed by atoms with E-state index in [2.05, 4.69) is 15.5 Å². The molecule has 26 heavy (non-hydrogen) atoms. The molecule has 0 spiro atoms. The number of rotatable bonds is 7. The number of nitrogens with one attached hydrogen (secondary N) is 2. The second-order valence-electron chi connectivity index (χ2n) is 5.45. The zero-order chi connectivity index (χ0) is 18.4. The van der Waals surface area contributed by atoms with Gasteiger partial charge in [0.25, 0.3) is 5.91 Å². The third-order valence-electron chi connectivity index (χ3n) is 3.63. The molecule has 0 saturated carbocycles. The summed E-state index contributed by atoms with van der Waals surface area (Å²) in [5.74, 6) is -0.841. The summed E-state index contributed by atoms with van der Waals surface area (Å²) in [5, 5.41) is 20.2. The largest absolute Gasteiger partial charge is 0.467 e. The summed E-state index contributed by atoms with van der Waals surface area (Å²) in [5.41, 5.74) is 0.990. The SMILES string of the molecule is O=C(NCc1ccccc1)c1[nH]nc(OCc2ccccc2)c1[N+](=O)[O-]. The van der Waals surface area contributed by atoms with Gasteiger partial charge in [0.05, 0.1) is 4.92 Å². The van der Waals surface area contributed by atoms with E-state index in [1.165, 1.54) is 0 Å². The van der Waals surface area contributed by atoms with Crippen LogP contribution in [0.15, 0.2) is 60.7 Å². The van der Waals surface area contributed by atoms with Crippen molar-refractivity contribution in [2.24, 2.45) is 0 Å². The first-order valence-electron chi connectivity index (χ1n) is 7.86. The predicted molar refractivity (Wildman–Crippen MR) is 93.6 cm³/mol. The number of aromatic nitrogens is 2. The molecule has 0 bridgehead atoms. The van der Waals surface area contributed by atoms with Crippen molar-refractivity contribution in [1.29, 1.82) is 0 Å². The van der Waals surface area contributed by atoms with Crippen molar-refractivity contribution in [2.75, 3.05) is 0 Å². The number of hydrogen-bond donors (Lipinski definition) is 2. The quantitative estimate of drug-likeness (QED) is 0.502. The van der Waals surface area contributed by atoms with Crippen molar-refractivity contribution in [3.63, 3.8) is 0 Å². The molecule has 2 aromatic carbocycles. The highest BCUT2D eigenvalue weighted by Crippen LogP contribution is 2.28. The highest BCUT2D eigenvalue weighted by Gasteiger charge is 2.30. The normalized spacial score (nSPS) is 10.3. The fraction of sp³-hybridized carbons (Fsp3) is 0.111. The number of nitrogens with zero attached hydrogens (tertiary/aromatic N) is 2. The summed E-state index contributed by atoms with van der Waals surface area (Å²) in [4.78, 5) is 23.0. The predicted octanol–water partition coefficient (Wildman–Crippen LogP) is 2.83. The monoisotopic (exact) mass is 352 g/mol. The van der Waals surface area contributed by atoms with Crippen molar-refractivity contribution >= 4 is 11.6 Å². The van der Waals surface area contributed by atoms with E-state index in [1.807, 2.05) is 60.7 Å². The van der Waals surface area contributed by atoms with Crippen LogP contribution in [0.25, 0.3) is 0 Å². The average molecular weight is 352 g/mol. The van der Waals surface area contributed by atoms with Gasteiger partial charge in [-0.25, -0.2) is 0 Å². The number of hydrogen-bond acceptors (Lipinski definition) is 5. The number of carbonyl (C=O) groups excluding carboxylic acids is 1. The summed E-state index contributed by atoms with van der Waals surface area (Å²) in [6, 6.07) is 18.4. The molecule has 1 aromatic heterocycles. The van der Waals surface area contributed by atoms with E-state index in [1.54, 1.807) is 0 Å². The Morgan fingerprint density at radius 1 is 1.08 bits per heavy atom. The van der Waals surface area contributed by atoms with Gasteiger partial charge in [0, 0.05) is 6.54 Å². The first-order chi connectivity index (χ1) is 12.6. The number of benzene rings is 2. The number of nitro groups is 1. The molecular weight excluding hydrogens is 336 g/mol. The number of carbonyl (C=O) groups is 1. The Morgan fingerprint density at radius 2 is 1.69 bits per heavy atom. The maximum Gasteiger partial charge on any atom is 0.362 e. The molecule has 1 amide bonds. The molecule has 3 aromatic rings. The van der Waals surface area contributed by atoms with E-state index in [-0.39, 0.29) is 24.7 Å². The van der Waals surface area contributed by atoms with Crippen LogP contribution in [0.4, 0.5) is 5.69 Å². The van der Waals surface area contributed by atoms with Crippen LogP contribution in [0.2, 0.25) is 0 Å². The Labute approximate surface area is 149 Å². The maximum absolute atomic E-state index is 12.3. The third-order valence-corrected chi connectivity index (χ3v) is 3.63. The molecule has 0 saturated heterocycles. The van der Waals surface area contributed by atoms with E-state index < -0.39 is 16.5 Å². The minimum atomic E-state index is -0.679. The zero-order valence-corrected chi connectivity index (χ0v) is 13.7. The van der Waals surface area contributed by atoms with Gasteiger partial charge in [-0.3, -0.25) is 20.0 Å². The van der Waals surface area contributed by atoms with Gasteiger partial charge in [-0.05, 0) is 11.1 Å². The van der Waals surface area contributed by atoms with E-state index >= 15 is 0 Å². The second kappa shape index (κ2) is 7.93. The van der Waals surface area contributed by atoms with Crippen molar-refractivity contribution < 1.29 is 14.5 Å². The topological polar surface area (TPSA) is 110 Å². The van der Waals surface area contributed by atoms with Gasteiger partial charge >= 0.3 is 11.6 Å². The van der Waals surface area contributed by atoms with E-state index in [0.29, 0.717) is 0 Å². The summed E-state index contributed by atoms with van der Waals surface area (Å²) in [6.45, 7) is 0.355. The first-order valence-corrected chi connectivity index (χ1v) is 7.86. The summed E-state index contributed by atoms with van der Waals surface area (Å²) >= 11 is 0. The van der Waals surface area contributed by atoms with Crippen molar-refractivity contribution in [1.82, 2.24) is 15.5 Å². The average Bonchev–Trinajstić information content (AvgIpc) is 3.10. The standard InChI is InChI=1S/C18H16N4O4/c23-17(19-11-13-7-3-1-4-8-13)15-16(22(24)25)18(21-20-15)26-12-14-9-5-2-6-10-14/h1-10H,11-12H2,(H,19,23)(H,20,21). The van der Waals surface area contributed by atoms with Crippen LogP contribution < -0.4 is 10.1 Å². The van der Waals surface area contributed by atoms with Gasteiger partial charge in [-0.15, -0.1) is 5.10 Å². The molecule has 0 aliphatic carbocycles. The van der Waals surface area contributed by atoms with Crippen molar-refractivity contribution in [3.8, 4) is 5.88 Å². The molecule has 3 rings (SSSR count). The lowest BCUT2D eigenvalue weighted by Gasteiger charge is -2.04. The molecular formula is C18H16N4O4. The van der Waals surface area contributed by atoms with Gasteiger partial charge in [0.2, 0.25) is 5.69 Å². The molecule has 132 valence electrons. The fourth-order valence-electron chi connectivity index (χ4n) is 2.34. The van der Waals surface area contributed by atoms with Gasteiger partial charge in [0.15, 0.2) is 0 Å². The summed E-state index contributed by atoms with van der Waals surface area (Å²) in [7, 11) is 0. The van der Waals surface area contributed by atoms with E-state index in [0.717, 1.165) is 11.1 Å².